The molecule has 0 amide bonds. The van der Waals surface area contributed by atoms with Crippen LogP contribution in [-0.4, -0.2) is 9.97 Å². The molecule has 1 atom stereocenters. The molecule has 2 heteroatoms. The van der Waals surface area contributed by atoms with Crippen molar-refractivity contribution in [2.45, 2.75) is 47.0 Å². The number of aromatic nitrogens is 2. The second kappa shape index (κ2) is 5.20. The van der Waals surface area contributed by atoms with Gasteiger partial charge in [0.15, 0.2) is 0 Å². The standard InChI is InChI=1S/C17H24N2/c1-12-14(9-17(3,4)5)7-6-8-15(12)13(2)16-10-18-11-19-16/h6-8,10-11,13H,9H2,1-5H3,(H,18,19)/t13-/m0/s1. The average Bonchev–Trinajstić information content (AvgIpc) is 2.83. The molecule has 2 aromatic rings. The Hall–Kier alpha value is -1.57. The first-order valence-corrected chi connectivity index (χ1v) is 6.95. The quantitative estimate of drug-likeness (QED) is 0.863. The molecule has 0 saturated heterocycles. The Bertz CT molecular complexity index is 533. The molecule has 1 N–H and O–H groups in total. The molecule has 0 aliphatic heterocycles. The van der Waals surface area contributed by atoms with Crippen molar-refractivity contribution >= 4 is 0 Å². The fraction of sp³-hybridized carbons (Fsp3) is 0.471. The van der Waals surface area contributed by atoms with Crippen molar-refractivity contribution in [2.75, 3.05) is 0 Å². The Labute approximate surface area is 116 Å². The second-order valence-electron chi connectivity index (χ2n) is 6.60. The van der Waals surface area contributed by atoms with Gasteiger partial charge in [0.25, 0.3) is 0 Å². The Kier molecular flexibility index (Phi) is 3.79. The number of nitrogens with one attached hydrogen (secondary N) is 1. The maximum Gasteiger partial charge on any atom is 0.0921 e. The van der Waals surface area contributed by atoms with Crippen LogP contribution in [0.5, 0.6) is 0 Å². The highest BCUT2D eigenvalue weighted by molar-refractivity contribution is 5.39. The zero-order chi connectivity index (χ0) is 14.0. The molecular weight excluding hydrogens is 232 g/mol. The molecule has 0 bridgehead atoms. The first kappa shape index (κ1) is 13.9. The van der Waals surface area contributed by atoms with Gasteiger partial charge in [-0.2, -0.15) is 0 Å². The molecular formula is C17H24N2. The lowest BCUT2D eigenvalue weighted by atomic mass is 9.83. The number of H-pyrrole nitrogens is 1. The van der Waals surface area contributed by atoms with E-state index in [1.54, 1.807) is 6.33 Å². The SMILES string of the molecule is Cc1c(CC(C)(C)C)cccc1[C@H](C)c1cnc[nH]1. The van der Waals surface area contributed by atoms with E-state index in [9.17, 15) is 0 Å². The topological polar surface area (TPSA) is 28.7 Å². The van der Waals surface area contributed by atoms with Crippen molar-refractivity contribution in [3.8, 4) is 0 Å². The normalized spacial score (nSPS) is 13.5. The zero-order valence-electron chi connectivity index (χ0n) is 12.6. The van der Waals surface area contributed by atoms with Gasteiger partial charge in [0.1, 0.15) is 0 Å². The molecule has 0 radical (unpaired) electrons. The first-order valence-electron chi connectivity index (χ1n) is 6.95. The molecule has 0 fully saturated rings. The van der Waals surface area contributed by atoms with Gasteiger partial charge >= 0.3 is 0 Å². The van der Waals surface area contributed by atoms with Crippen LogP contribution in [-0.2, 0) is 6.42 Å². The molecule has 102 valence electrons. The lowest BCUT2D eigenvalue weighted by Crippen LogP contribution is -2.11. The summed E-state index contributed by atoms with van der Waals surface area (Å²) in [7, 11) is 0. The summed E-state index contributed by atoms with van der Waals surface area (Å²) in [5, 5.41) is 0. The third-order valence-corrected chi connectivity index (χ3v) is 3.66. The van der Waals surface area contributed by atoms with E-state index >= 15 is 0 Å². The van der Waals surface area contributed by atoms with Gasteiger partial charge in [-0.15, -0.1) is 0 Å². The summed E-state index contributed by atoms with van der Waals surface area (Å²) in [6.45, 7) is 11.3. The van der Waals surface area contributed by atoms with Crippen LogP contribution in [0.4, 0.5) is 0 Å². The van der Waals surface area contributed by atoms with Crippen molar-refractivity contribution in [1.82, 2.24) is 9.97 Å². The van der Waals surface area contributed by atoms with Crippen molar-refractivity contribution < 1.29 is 0 Å². The van der Waals surface area contributed by atoms with Gasteiger partial charge < -0.3 is 4.98 Å². The van der Waals surface area contributed by atoms with E-state index in [1.165, 1.54) is 22.4 Å². The van der Waals surface area contributed by atoms with Gasteiger partial charge in [-0.05, 0) is 35.4 Å². The Morgan fingerprint density at radius 1 is 1.26 bits per heavy atom. The summed E-state index contributed by atoms with van der Waals surface area (Å²) in [5.41, 5.74) is 5.76. The number of imidazole rings is 1. The van der Waals surface area contributed by atoms with E-state index in [1.807, 2.05) is 6.20 Å². The average molecular weight is 256 g/mol. The minimum atomic E-state index is 0.320. The molecule has 1 aromatic heterocycles. The van der Waals surface area contributed by atoms with Gasteiger partial charge in [0.05, 0.1) is 6.33 Å². The Balaban J connectivity index is 2.35. The fourth-order valence-electron chi connectivity index (χ4n) is 2.61. The zero-order valence-corrected chi connectivity index (χ0v) is 12.6. The lowest BCUT2D eigenvalue weighted by Gasteiger charge is -2.22. The molecule has 0 unspecified atom stereocenters. The van der Waals surface area contributed by atoms with Crippen LogP contribution in [0.3, 0.4) is 0 Å². The van der Waals surface area contributed by atoms with E-state index in [4.69, 9.17) is 0 Å². The molecule has 1 heterocycles. The Morgan fingerprint density at radius 2 is 2.00 bits per heavy atom. The minimum Gasteiger partial charge on any atom is -0.348 e. The van der Waals surface area contributed by atoms with Gasteiger partial charge in [-0.1, -0.05) is 45.9 Å². The van der Waals surface area contributed by atoms with E-state index in [2.05, 4.69) is 62.8 Å². The maximum atomic E-state index is 4.12. The highest BCUT2D eigenvalue weighted by atomic mass is 14.9. The molecule has 2 rings (SSSR count). The van der Waals surface area contributed by atoms with Crippen LogP contribution in [0.25, 0.3) is 0 Å². The fourth-order valence-corrected chi connectivity index (χ4v) is 2.61. The summed E-state index contributed by atoms with van der Waals surface area (Å²) in [6.07, 6.45) is 4.78. The molecule has 1 aromatic carbocycles. The summed E-state index contributed by atoms with van der Waals surface area (Å²) in [5.74, 6) is 0.363. The third-order valence-electron chi connectivity index (χ3n) is 3.66. The van der Waals surface area contributed by atoms with Crippen LogP contribution in [0.2, 0.25) is 0 Å². The molecule has 0 aliphatic carbocycles. The van der Waals surface area contributed by atoms with Gasteiger partial charge in [0, 0.05) is 17.8 Å². The molecule has 2 nitrogen and oxygen atoms in total. The molecule has 0 spiro atoms. The smallest absolute Gasteiger partial charge is 0.0921 e. The van der Waals surface area contributed by atoms with Crippen LogP contribution in [0.15, 0.2) is 30.7 Å². The summed E-state index contributed by atoms with van der Waals surface area (Å²) in [6, 6.07) is 6.66. The minimum absolute atomic E-state index is 0.320. The van der Waals surface area contributed by atoms with Crippen LogP contribution in [0.1, 0.15) is 56.0 Å². The largest absolute Gasteiger partial charge is 0.348 e. The van der Waals surface area contributed by atoms with Crippen LogP contribution in [0, 0.1) is 12.3 Å². The maximum absolute atomic E-state index is 4.12. The van der Waals surface area contributed by atoms with Crippen LogP contribution < -0.4 is 0 Å². The molecule has 0 saturated carbocycles. The van der Waals surface area contributed by atoms with E-state index < -0.39 is 0 Å². The molecule has 0 aliphatic rings. The number of nitrogens with zero attached hydrogens (tertiary/aromatic N) is 1. The molecule has 19 heavy (non-hydrogen) atoms. The van der Waals surface area contributed by atoms with Crippen molar-refractivity contribution in [2.24, 2.45) is 5.41 Å². The van der Waals surface area contributed by atoms with Crippen molar-refractivity contribution in [3.05, 3.63) is 53.1 Å². The number of hydrogen-bond donors (Lipinski definition) is 1. The first-order chi connectivity index (χ1) is 8.88. The predicted octanol–water partition coefficient (Wildman–Crippen LogP) is 4.46. The van der Waals surface area contributed by atoms with Crippen LogP contribution >= 0.6 is 0 Å². The summed E-state index contributed by atoms with van der Waals surface area (Å²) >= 11 is 0. The van der Waals surface area contributed by atoms with E-state index in [0.717, 1.165) is 6.42 Å². The Morgan fingerprint density at radius 3 is 2.58 bits per heavy atom. The van der Waals surface area contributed by atoms with Gasteiger partial charge in [-0.25, -0.2) is 4.98 Å². The van der Waals surface area contributed by atoms with E-state index in [0.29, 0.717) is 11.3 Å². The monoisotopic (exact) mass is 256 g/mol. The van der Waals surface area contributed by atoms with Crippen molar-refractivity contribution in [3.63, 3.8) is 0 Å². The number of rotatable bonds is 3. The van der Waals surface area contributed by atoms with Gasteiger partial charge in [-0.3, -0.25) is 0 Å². The number of benzene rings is 1. The van der Waals surface area contributed by atoms with E-state index in [-0.39, 0.29) is 0 Å². The van der Waals surface area contributed by atoms with Gasteiger partial charge in [0.2, 0.25) is 0 Å². The predicted molar refractivity (Wildman–Crippen MR) is 80.4 cm³/mol. The summed E-state index contributed by atoms with van der Waals surface area (Å²) < 4.78 is 0. The highest BCUT2D eigenvalue weighted by Gasteiger charge is 2.17. The second-order valence-corrected chi connectivity index (χ2v) is 6.60. The number of aromatic amines is 1. The summed E-state index contributed by atoms with van der Waals surface area (Å²) in [4.78, 5) is 7.34. The van der Waals surface area contributed by atoms with Crippen molar-refractivity contribution in [1.29, 1.82) is 0 Å². The number of hydrogen-bond acceptors (Lipinski definition) is 1. The third kappa shape index (κ3) is 3.25. The lowest BCUT2D eigenvalue weighted by molar-refractivity contribution is 0.410. The highest BCUT2D eigenvalue weighted by Crippen LogP contribution is 2.30.